The van der Waals surface area contributed by atoms with Gasteiger partial charge in [0.15, 0.2) is 5.43 Å². The van der Waals surface area contributed by atoms with Crippen molar-refractivity contribution < 1.29 is 0 Å². The molecule has 82 valence electrons. The van der Waals surface area contributed by atoms with Crippen LogP contribution >= 0.6 is 15.9 Å². The molecule has 16 heavy (non-hydrogen) atoms. The smallest absolute Gasteiger partial charge is 0.184 e. The van der Waals surface area contributed by atoms with Crippen LogP contribution in [0.15, 0.2) is 45.9 Å². The van der Waals surface area contributed by atoms with E-state index in [0.717, 1.165) is 15.7 Å². The zero-order valence-corrected chi connectivity index (χ0v) is 10.8. The van der Waals surface area contributed by atoms with E-state index in [-0.39, 0.29) is 5.43 Å². The Hall–Kier alpha value is -1.35. The molecular formula is C13H12BrNO. The van der Waals surface area contributed by atoms with Crippen LogP contribution < -0.4 is 5.43 Å². The number of aromatic nitrogens is 1. The summed E-state index contributed by atoms with van der Waals surface area (Å²) < 4.78 is 2.97. The van der Waals surface area contributed by atoms with Gasteiger partial charge in [-0.25, -0.2) is 0 Å². The number of pyridine rings is 1. The summed E-state index contributed by atoms with van der Waals surface area (Å²) in [7, 11) is 0. The molecule has 0 amide bonds. The first kappa shape index (κ1) is 11.1. The molecule has 0 radical (unpaired) electrons. The summed E-state index contributed by atoms with van der Waals surface area (Å²) in [6, 6.07) is 7.72. The van der Waals surface area contributed by atoms with Gasteiger partial charge in [-0.15, -0.1) is 0 Å². The molecule has 2 aromatic rings. The third-order valence-electron chi connectivity index (χ3n) is 2.49. The van der Waals surface area contributed by atoms with E-state index in [1.165, 1.54) is 5.56 Å². The van der Waals surface area contributed by atoms with Crippen LogP contribution in [0.4, 0.5) is 0 Å². The molecule has 2 nitrogen and oxygen atoms in total. The second-order valence-corrected chi connectivity index (χ2v) is 4.71. The van der Waals surface area contributed by atoms with Crippen molar-refractivity contribution in [2.24, 2.45) is 0 Å². The summed E-state index contributed by atoms with van der Waals surface area (Å²) in [5.41, 5.74) is 3.05. The summed E-state index contributed by atoms with van der Waals surface area (Å²) in [6.07, 6.45) is 3.63. The van der Waals surface area contributed by atoms with Gasteiger partial charge in [-0.3, -0.25) is 4.79 Å². The van der Waals surface area contributed by atoms with E-state index < -0.39 is 0 Å². The van der Waals surface area contributed by atoms with Crippen molar-refractivity contribution in [2.45, 2.75) is 13.8 Å². The monoisotopic (exact) mass is 277 g/mol. The van der Waals surface area contributed by atoms with Gasteiger partial charge in [0.1, 0.15) is 0 Å². The van der Waals surface area contributed by atoms with E-state index in [1.54, 1.807) is 12.3 Å². The topological polar surface area (TPSA) is 22.0 Å². The van der Waals surface area contributed by atoms with Crippen molar-refractivity contribution in [3.63, 3.8) is 0 Å². The minimum atomic E-state index is 0.0690. The summed E-state index contributed by atoms with van der Waals surface area (Å²) in [5, 5.41) is 0. The van der Waals surface area contributed by atoms with E-state index in [2.05, 4.69) is 22.0 Å². The lowest BCUT2D eigenvalue weighted by Gasteiger charge is -2.09. The Bertz CT molecular complexity index is 587. The molecule has 0 aliphatic heterocycles. The van der Waals surface area contributed by atoms with Gasteiger partial charge in [0.05, 0.1) is 5.69 Å². The molecule has 0 fully saturated rings. The highest BCUT2D eigenvalue weighted by Gasteiger charge is 2.02. The Morgan fingerprint density at radius 2 is 1.94 bits per heavy atom. The summed E-state index contributed by atoms with van der Waals surface area (Å²) in [5.74, 6) is 0. The molecule has 0 saturated heterocycles. The van der Waals surface area contributed by atoms with Crippen LogP contribution in [0.2, 0.25) is 0 Å². The SMILES string of the molecule is Cc1ccc(-n2ccc(=O)c(C)c2)c(Br)c1. The van der Waals surface area contributed by atoms with E-state index in [4.69, 9.17) is 0 Å². The van der Waals surface area contributed by atoms with Gasteiger partial charge >= 0.3 is 0 Å². The van der Waals surface area contributed by atoms with Crippen molar-refractivity contribution in [1.82, 2.24) is 4.57 Å². The molecule has 2 rings (SSSR count). The molecule has 3 heteroatoms. The van der Waals surface area contributed by atoms with Crippen molar-refractivity contribution >= 4 is 15.9 Å². The predicted molar refractivity (Wildman–Crippen MR) is 69.2 cm³/mol. The standard InChI is InChI=1S/C13H12BrNO/c1-9-3-4-12(11(14)7-9)15-6-5-13(16)10(2)8-15/h3-8H,1-2H3. The van der Waals surface area contributed by atoms with Crippen molar-refractivity contribution in [3.8, 4) is 5.69 Å². The summed E-state index contributed by atoms with van der Waals surface area (Å²) in [4.78, 5) is 11.3. The van der Waals surface area contributed by atoms with Crippen molar-refractivity contribution in [2.75, 3.05) is 0 Å². The number of aryl methyl sites for hydroxylation is 2. The first-order chi connectivity index (χ1) is 7.58. The Labute approximate surface area is 103 Å². The van der Waals surface area contributed by atoms with E-state index in [0.29, 0.717) is 0 Å². The minimum absolute atomic E-state index is 0.0690. The van der Waals surface area contributed by atoms with E-state index in [1.807, 2.05) is 36.7 Å². The highest BCUT2D eigenvalue weighted by Crippen LogP contribution is 2.21. The van der Waals surface area contributed by atoms with Crippen LogP contribution in [-0.2, 0) is 0 Å². The van der Waals surface area contributed by atoms with Crippen LogP contribution in [-0.4, -0.2) is 4.57 Å². The van der Waals surface area contributed by atoms with Crippen molar-refractivity contribution in [1.29, 1.82) is 0 Å². The Balaban J connectivity index is 2.59. The highest BCUT2D eigenvalue weighted by atomic mass is 79.9. The third kappa shape index (κ3) is 2.09. The second kappa shape index (κ2) is 4.26. The van der Waals surface area contributed by atoms with Crippen LogP contribution in [0, 0.1) is 13.8 Å². The Kier molecular flexibility index (Phi) is 2.97. The molecule has 0 saturated carbocycles. The maximum atomic E-state index is 11.3. The van der Waals surface area contributed by atoms with Gasteiger partial charge in [-0.05, 0) is 47.5 Å². The molecule has 0 bridgehead atoms. The fourth-order valence-electron chi connectivity index (χ4n) is 1.57. The zero-order chi connectivity index (χ0) is 11.7. The van der Waals surface area contributed by atoms with Gasteiger partial charge in [-0.2, -0.15) is 0 Å². The molecule has 0 N–H and O–H groups in total. The van der Waals surface area contributed by atoms with Gasteiger partial charge in [0.2, 0.25) is 0 Å². The number of halogens is 1. The fraction of sp³-hybridized carbons (Fsp3) is 0.154. The number of nitrogens with zero attached hydrogens (tertiary/aromatic N) is 1. The molecule has 0 aliphatic carbocycles. The Morgan fingerprint density at radius 1 is 1.19 bits per heavy atom. The number of rotatable bonds is 1. The molecule has 1 aromatic carbocycles. The molecular weight excluding hydrogens is 266 g/mol. The van der Waals surface area contributed by atoms with Gasteiger partial charge in [0, 0.05) is 28.5 Å². The van der Waals surface area contributed by atoms with Gasteiger partial charge in [-0.1, -0.05) is 6.07 Å². The van der Waals surface area contributed by atoms with Crippen LogP contribution in [0.25, 0.3) is 5.69 Å². The lowest BCUT2D eigenvalue weighted by atomic mass is 10.2. The lowest BCUT2D eigenvalue weighted by Crippen LogP contribution is -2.07. The minimum Gasteiger partial charge on any atom is -0.322 e. The summed E-state index contributed by atoms with van der Waals surface area (Å²) >= 11 is 3.53. The van der Waals surface area contributed by atoms with Gasteiger partial charge < -0.3 is 4.57 Å². The predicted octanol–water partition coefficient (Wildman–Crippen LogP) is 3.22. The number of hydrogen-bond acceptors (Lipinski definition) is 1. The molecule has 1 heterocycles. The molecule has 0 atom stereocenters. The van der Waals surface area contributed by atoms with Crippen molar-refractivity contribution in [3.05, 3.63) is 62.5 Å². The molecule has 0 unspecified atom stereocenters. The van der Waals surface area contributed by atoms with Crippen LogP contribution in [0.5, 0.6) is 0 Å². The first-order valence-corrected chi connectivity index (χ1v) is 5.82. The third-order valence-corrected chi connectivity index (χ3v) is 3.12. The second-order valence-electron chi connectivity index (χ2n) is 3.85. The first-order valence-electron chi connectivity index (χ1n) is 5.03. The maximum absolute atomic E-state index is 11.3. The normalized spacial score (nSPS) is 10.4. The number of hydrogen-bond donors (Lipinski definition) is 0. The lowest BCUT2D eigenvalue weighted by molar-refractivity contribution is 1.01. The molecule has 1 aromatic heterocycles. The molecule has 0 aliphatic rings. The largest absolute Gasteiger partial charge is 0.322 e. The highest BCUT2D eigenvalue weighted by molar-refractivity contribution is 9.10. The molecule has 0 spiro atoms. The summed E-state index contributed by atoms with van der Waals surface area (Å²) in [6.45, 7) is 3.87. The zero-order valence-electron chi connectivity index (χ0n) is 9.20. The van der Waals surface area contributed by atoms with Crippen LogP contribution in [0.1, 0.15) is 11.1 Å². The van der Waals surface area contributed by atoms with Gasteiger partial charge in [0.25, 0.3) is 0 Å². The van der Waals surface area contributed by atoms with E-state index >= 15 is 0 Å². The fourth-order valence-corrected chi connectivity index (χ4v) is 2.26. The number of benzene rings is 1. The average molecular weight is 278 g/mol. The quantitative estimate of drug-likeness (QED) is 0.785. The van der Waals surface area contributed by atoms with E-state index in [9.17, 15) is 4.79 Å². The van der Waals surface area contributed by atoms with Crippen LogP contribution in [0.3, 0.4) is 0 Å². The average Bonchev–Trinajstić information content (AvgIpc) is 2.22. The maximum Gasteiger partial charge on any atom is 0.184 e. The Morgan fingerprint density at radius 3 is 2.56 bits per heavy atom.